The van der Waals surface area contributed by atoms with Gasteiger partial charge in [0.05, 0.1) is 30.1 Å². The maximum absolute atomic E-state index is 14.4. The number of rotatable bonds is 6. The molecule has 1 unspecified atom stereocenters. The minimum Gasteiger partial charge on any atom is -0.309 e. The third-order valence-electron chi connectivity index (χ3n) is 5.47. The van der Waals surface area contributed by atoms with Gasteiger partial charge in [0.1, 0.15) is 6.07 Å². The standard InChI is InChI=1S/C22H18F3N5O/c1-14-21(23,22(14,24)25)17-5-2-15(3-6-17)10-20(31)28-19-8-9-30(29-19)13-18-7-4-16(11-26)12-27-18/h2-9,12,14H,10,13H2,1H3,(H,28,29,31)/t14?,21-/m0/s1. The fraction of sp³-hybridized carbons (Fsp3) is 0.273. The van der Waals surface area contributed by atoms with E-state index in [1.807, 2.05) is 6.07 Å². The quantitative estimate of drug-likeness (QED) is 0.651. The minimum absolute atomic E-state index is 0.00442. The predicted octanol–water partition coefficient (Wildman–Crippen LogP) is 3.83. The monoisotopic (exact) mass is 425 g/mol. The highest BCUT2D eigenvalue weighted by Crippen LogP contribution is 2.67. The van der Waals surface area contributed by atoms with Crippen molar-refractivity contribution in [2.24, 2.45) is 5.92 Å². The highest BCUT2D eigenvalue weighted by molar-refractivity contribution is 5.91. The molecule has 4 rings (SSSR count). The summed E-state index contributed by atoms with van der Waals surface area (Å²) in [6.45, 7) is 1.55. The zero-order chi connectivity index (χ0) is 22.2. The van der Waals surface area contributed by atoms with E-state index in [4.69, 9.17) is 5.26 Å². The van der Waals surface area contributed by atoms with Crippen molar-refractivity contribution in [3.8, 4) is 6.07 Å². The summed E-state index contributed by atoms with van der Waals surface area (Å²) in [5.41, 5.74) is -0.967. The third kappa shape index (κ3) is 3.77. The lowest BCUT2D eigenvalue weighted by Crippen LogP contribution is -2.15. The molecule has 2 atom stereocenters. The third-order valence-corrected chi connectivity index (χ3v) is 5.47. The highest BCUT2D eigenvalue weighted by atomic mass is 19.3. The number of hydrogen-bond acceptors (Lipinski definition) is 4. The molecule has 158 valence electrons. The SMILES string of the molecule is CC1C(F)(F)[C@@]1(F)c1ccc(CC(=O)Nc2ccn(Cc3ccc(C#N)cn3)n2)cc1. The molecule has 1 aliphatic rings. The van der Waals surface area contributed by atoms with E-state index in [-0.39, 0.29) is 17.9 Å². The van der Waals surface area contributed by atoms with E-state index in [1.54, 1.807) is 29.1 Å². The number of amides is 1. The van der Waals surface area contributed by atoms with Gasteiger partial charge in [0.2, 0.25) is 11.6 Å². The maximum atomic E-state index is 14.4. The van der Waals surface area contributed by atoms with Crippen LogP contribution in [0.15, 0.2) is 54.9 Å². The van der Waals surface area contributed by atoms with Crippen LogP contribution in [-0.2, 0) is 23.4 Å². The first-order valence-electron chi connectivity index (χ1n) is 9.58. The van der Waals surface area contributed by atoms with Crippen LogP contribution in [0.5, 0.6) is 0 Å². The smallest absolute Gasteiger partial charge is 0.292 e. The summed E-state index contributed by atoms with van der Waals surface area (Å²) in [6.07, 6.45) is 3.15. The van der Waals surface area contributed by atoms with E-state index in [0.717, 1.165) is 0 Å². The molecule has 2 aromatic heterocycles. The lowest BCUT2D eigenvalue weighted by Gasteiger charge is -2.08. The van der Waals surface area contributed by atoms with E-state index < -0.39 is 17.5 Å². The normalized spacial score (nSPS) is 21.3. The first kappa shape index (κ1) is 20.6. The summed E-state index contributed by atoms with van der Waals surface area (Å²) >= 11 is 0. The number of aromatic nitrogens is 3. The molecule has 0 spiro atoms. The van der Waals surface area contributed by atoms with Crippen LogP contribution >= 0.6 is 0 Å². The molecule has 1 N–H and O–H groups in total. The molecular weight excluding hydrogens is 407 g/mol. The van der Waals surface area contributed by atoms with E-state index in [2.05, 4.69) is 15.4 Å². The van der Waals surface area contributed by atoms with Crippen LogP contribution in [0, 0.1) is 17.2 Å². The number of nitrogens with one attached hydrogen (secondary N) is 1. The number of carbonyl (C=O) groups is 1. The molecule has 0 aliphatic heterocycles. The fourth-order valence-electron chi connectivity index (χ4n) is 3.48. The van der Waals surface area contributed by atoms with E-state index >= 15 is 0 Å². The number of hydrogen-bond donors (Lipinski definition) is 1. The summed E-state index contributed by atoms with van der Waals surface area (Å²) in [6, 6.07) is 12.6. The molecule has 6 nitrogen and oxygen atoms in total. The summed E-state index contributed by atoms with van der Waals surface area (Å²) in [7, 11) is 0. The number of nitriles is 1. The number of nitrogens with zero attached hydrogens (tertiary/aromatic N) is 4. The minimum atomic E-state index is -3.36. The first-order valence-corrected chi connectivity index (χ1v) is 9.58. The summed E-state index contributed by atoms with van der Waals surface area (Å²) < 4.78 is 43.1. The van der Waals surface area contributed by atoms with Crippen LogP contribution < -0.4 is 5.32 Å². The van der Waals surface area contributed by atoms with Crippen molar-refractivity contribution in [2.75, 3.05) is 5.32 Å². The number of benzene rings is 1. The lowest BCUT2D eigenvalue weighted by atomic mass is 10.0. The Kier molecular flexibility index (Phi) is 5.01. The summed E-state index contributed by atoms with van der Waals surface area (Å²) in [5, 5.41) is 15.7. The van der Waals surface area contributed by atoms with Crippen LogP contribution in [0.3, 0.4) is 0 Å². The predicted molar refractivity (Wildman–Crippen MR) is 106 cm³/mol. The van der Waals surface area contributed by atoms with Gasteiger partial charge in [-0.25, -0.2) is 13.2 Å². The Bertz CT molecular complexity index is 1150. The van der Waals surface area contributed by atoms with Gasteiger partial charge in [0.25, 0.3) is 5.92 Å². The van der Waals surface area contributed by atoms with E-state index in [1.165, 1.54) is 37.4 Å². The molecule has 1 fully saturated rings. The fourth-order valence-corrected chi connectivity index (χ4v) is 3.48. The van der Waals surface area contributed by atoms with Crippen LogP contribution in [0.25, 0.3) is 0 Å². The van der Waals surface area contributed by atoms with Crippen molar-refractivity contribution in [3.63, 3.8) is 0 Å². The molecule has 2 heterocycles. The molecule has 0 radical (unpaired) electrons. The highest BCUT2D eigenvalue weighted by Gasteiger charge is 2.81. The van der Waals surface area contributed by atoms with Crippen molar-refractivity contribution in [2.45, 2.75) is 31.5 Å². The second-order valence-electron chi connectivity index (χ2n) is 7.53. The molecule has 1 amide bonds. The van der Waals surface area contributed by atoms with Gasteiger partial charge in [-0.15, -0.1) is 0 Å². The summed E-state index contributed by atoms with van der Waals surface area (Å²) in [5.74, 6) is -4.71. The number of pyridine rings is 1. The van der Waals surface area contributed by atoms with E-state index in [0.29, 0.717) is 29.2 Å². The van der Waals surface area contributed by atoms with E-state index in [9.17, 15) is 18.0 Å². The Morgan fingerprint density at radius 1 is 1.19 bits per heavy atom. The van der Waals surface area contributed by atoms with Gasteiger partial charge in [-0.1, -0.05) is 31.2 Å². The average Bonchev–Trinajstić information content (AvgIpc) is 3.03. The van der Waals surface area contributed by atoms with Gasteiger partial charge in [0, 0.05) is 18.5 Å². The Morgan fingerprint density at radius 3 is 2.48 bits per heavy atom. The first-order chi connectivity index (χ1) is 14.7. The zero-order valence-corrected chi connectivity index (χ0v) is 16.5. The van der Waals surface area contributed by atoms with Gasteiger partial charge in [-0.3, -0.25) is 14.5 Å². The van der Waals surface area contributed by atoms with Gasteiger partial charge in [-0.05, 0) is 23.3 Å². The largest absolute Gasteiger partial charge is 0.309 e. The number of halogens is 3. The topological polar surface area (TPSA) is 83.6 Å². The molecule has 9 heteroatoms. The molecular formula is C22H18F3N5O. The molecule has 0 bridgehead atoms. The van der Waals surface area contributed by atoms with Crippen LogP contribution in [0.2, 0.25) is 0 Å². The Hall–Kier alpha value is -3.67. The Balaban J connectivity index is 1.33. The molecule has 1 aromatic carbocycles. The zero-order valence-electron chi connectivity index (χ0n) is 16.5. The lowest BCUT2D eigenvalue weighted by molar-refractivity contribution is -0.115. The number of anilines is 1. The molecule has 0 saturated heterocycles. The molecule has 1 saturated carbocycles. The van der Waals surface area contributed by atoms with Crippen molar-refractivity contribution in [1.82, 2.24) is 14.8 Å². The maximum Gasteiger partial charge on any atom is 0.292 e. The van der Waals surface area contributed by atoms with Gasteiger partial charge >= 0.3 is 0 Å². The van der Waals surface area contributed by atoms with Crippen molar-refractivity contribution < 1.29 is 18.0 Å². The molecule has 31 heavy (non-hydrogen) atoms. The van der Waals surface area contributed by atoms with Crippen molar-refractivity contribution in [3.05, 3.63) is 77.2 Å². The number of alkyl halides is 3. The van der Waals surface area contributed by atoms with Gasteiger partial charge < -0.3 is 5.32 Å². The van der Waals surface area contributed by atoms with Crippen LogP contribution in [0.1, 0.15) is 29.3 Å². The number of carbonyl (C=O) groups excluding carboxylic acids is 1. The van der Waals surface area contributed by atoms with Crippen LogP contribution in [-0.4, -0.2) is 26.6 Å². The van der Waals surface area contributed by atoms with Crippen molar-refractivity contribution >= 4 is 11.7 Å². The van der Waals surface area contributed by atoms with Crippen molar-refractivity contribution in [1.29, 1.82) is 5.26 Å². The van der Waals surface area contributed by atoms with Crippen LogP contribution in [0.4, 0.5) is 19.0 Å². The Morgan fingerprint density at radius 2 is 1.90 bits per heavy atom. The second kappa shape index (κ2) is 7.54. The van der Waals surface area contributed by atoms with Gasteiger partial charge in [0.15, 0.2) is 5.82 Å². The van der Waals surface area contributed by atoms with Gasteiger partial charge in [-0.2, -0.15) is 10.4 Å². The molecule has 3 aromatic rings. The second-order valence-corrected chi connectivity index (χ2v) is 7.53. The summed E-state index contributed by atoms with van der Waals surface area (Å²) in [4.78, 5) is 16.4. The Labute approximate surface area is 176 Å². The average molecular weight is 425 g/mol. The molecule has 1 aliphatic carbocycles.